The molecular weight excluding hydrogens is 168 g/mol. The predicted octanol–water partition coefficient (Wildman–Crippen LogP) is 5.91. The SMILES string of the molecule is CC.CC.CCCC(CCC)C(C)C. The fraction of sp³-hybridized carbons (Fsp3) is 1.00. The molecule has 0 bridgehead atoms. The molecule has 0 aromatic carbocycles. The molecule has 14 heavy (non-hydrogen) atoms. The first kappa shape index (κ1) is 19.6. The molecule has 0 aliphatic heterocycles. The molecule has 0 N–H and O–H groups in total. The van der Waals surface area contributed by atoms with Crippen molar-refractivity contribution in [2.24, 2.45) is 11.8 Å². The molecule has 0 amide bonds. The third-order valence-corrected chi connectivity index (χ3v) is 2.26. The smallest absolute Gasteiger partial charge is 0.0391 e. The van der Waals surface area contributed by atoms with Crippen molar-refractivity contribution in [3.05, 3.63) is 0 Å². The second-order valence-corrected chi connectivity index (χ2v) is 3.58. The molecule has 0 heterocycles. The van der Waals surface area contributed by atoms with Gasteiger partial charge in [0.15, 0.2) is 0 Å². The van der Waals surface area contributed by atoms with Crippen molar-refractivity contribution in [2.45, 2.75) is 81.1 Å². The Balaban J connectivity index is -0.000000266. The average Bonchev–Trinajstić information content (AvgIpc) is 2.23. The van der Waals surface area contributed by atoms with Crippen molar-refractivity contribution >= 4 is 0 Å². The van der Waals surface area contributed by atoms with E-state index >= 15 is 0 Å². The van der Waals surface area contributed by atoms with Gasteiger partial charge < -0.3 is 0 Å². The van der Waals surface area contributed by atoms with Gasteiger partial charge in [-0.15, -0.1) is 0 Å². The minimum atomic E-state index is 0.889. The van der Waals surface area contributed by atoms with E-state index in [-0.39, 0.29) is 0 Å². The largest absolute Gasteiger partial charge is 0.0683 e. The first-order chi connectivity index (χ1) is 6.72. The average molecular weight is 202 g/mol. The number of hydrogen-bond acceptors (Lipinski definition) is 0. The zero-order valence-electron chi connectivity index (χ0n) is 12.0. The first-order valence-corrected chi connectivity index (χ1v) is 6.72. The highest BCUT2D eigenvalue weighted by Gasteiger charge is 2.09. The quantitative estimate of drug-likeness (QED) is 0.520. The van der Waals surface area contributed by atoms with E-state index in [0.29, 0.717) is 0 Å². The van der Waals surface area contributed by atoms with Gasteiger partial charge in [-0.05, 0) is 11.8 Å². The maximum absolute atomic E-state index is 2.34. The maximum Gasteiger partial charge on any atom is -0.0391 e. The second kappa shape index (κ2) is 18.7. The molecule has 0 aromatic rings. The van der Waals surface area contributed by atoms with E-state index in [1.807, 2.05) is 27.7 Å². The molecule has 0 saturated carbocycles. The fourth-order valence-corrected chi connectivity index (χ4v) is 1.55. The molecule has 0 aliphatic rings. The van der Waals surface area contributed by atoms with Crippen molar-refractivity contribution in [3.8, 4) is 0 Å². The summed E-state index contributed by atoms with van der Waals surface area (Å²) in [5.41, 5.74) is 0. The summed E-state index contributed by atoms with van der Waals surface area (Å²) in [5.74, 6) is 1.87. The third kappa shape index (κ3) is 14.5. The van der Waals surface area contributed by atoms with E-state index < -0.39 is 0 Å². The molecule has 0 saturated heterocycles. The topological polar surface area (TPSA) is 0 Å². The predicted molar refractivity (Wildman–Crippen MR) is 70.8 cm³/mol. The van der Waals surface area contributed by atoms with Crippen LogP contribution in [0, 0.1) is 11.8 Å². The normalized spacial score (nSPS) is 9.00. The van der Waals surface area contributed by atoms with E-state index in [4.69, 9.17) is 0 Å². The Morgan fingerprint density at radius 2 is 1.00 bits per heavy atom. The second-order valence-electron chi connectivity index (χ2n) is 3.58. The molecule has 90 valence electrons. The van der Waals surface area contributed by atoms with Crippen molar-refractivity contribution < 1.29 is 0 Å². The molecule has 0 radical (unpaired) electrons. The molecule has 0 heteroatoms. The van der Waals surface area contributed by atoms with Gasteiger partial charge in [-0.1, -0.05) is 81.1 Å². The summed E-state index contributed by atoms with van der Waals surface area (Å²) in [6.07, 6.45) is 5.54. The monoisotopic (exact) mass is 202 g/mol. The molecule has 0 unspecified atom stereocenters. The zero-order valence-corrected chi connectivity index (χ0v) is 12.0. The van der Waals surface area contributed by atoms with E-state index in [0.717, 1.165) is 11.8 Å². The Bertz CT molecular complexity index is 58.4. The van der Waals surface area contributed by atoms with Crippen molar-refractivity contribution in [1.29, 1.82) is 0 Å². The van der Waals surface area contributed by atoms with Gasteiger partial charge in [0.1, 0.15) is 0 Å². The highest BCUT2D eigenvalue weighted by molar-refractivity contribution is 4.61. The van der Waals surface area contributed by atoms with Gasteiger partial charge in [0.25, 0.3) is 0 Å². The van der Waals surface area contributed by atoms with Crippen LogP contribution in [0.4, 0.5) is 0 Å². The molecule has 0 aliphatic carbocycles. The Morgan fingerprint density at radius 1 is 0.714 bits per heavy atom. The molecule has 0 nitrogen and oxygen atoms in total. The standard InChI is InChI=1S/C10H22.2C2H6/c1-5-7-10(8-6-2)9(3)4;2*1-2/h9-10H,5-8H2,1-4H3;2*1-2H3. The van der Waals surface area contributed by atoms with Crippen LogP contribution in [0.1, 0.15) is 81.1 Å². The summed E-state index contributed by atoms with van der Waals surface area (Å²) in [4.78, 5) is 0. The summed E-state index contributed by atoms with van der Waals surface area (Å²) < 4.78 is 0. The van der Waals surface area contributed by atoms with Gasteiger partial charge in [0.05, 0.1) is 0 Å². The molecule has 0 rings (SSSR count). The maximum atomic E-state index is 2.34. The van der Waals surface area contributed by atoms with Gasteiger partial charge in [-0.3, -0.25) is 0 Å². The third-order valence-electron chi connectivity index (χ3n) is 2.26. The van der Waals surface area contributed by atoms with Crippen LogP contribution >= 0.6 is 0 Å². The van der Waals surface area contributed by atoms with Crippen molar-refractivity contribution in [3.63, 3.8) is 0 Å². The Kier molecular flexibility index (Phi) is 26.1. The van der Waals surface area contributed by atoms with Crippen LogP contribution in [0.25, 0.3) is 0 Å². The highest BCUT2D eigenvalue weighted by atomic mass is 14.2. The Labute approximate surface area is 93.5 Å². The van der Waals surface area contributed by atoms with Crippen LogP contribution in [-0.2, 0) is 0 Å². The molecule has 0 fully saturated rings. The van der Waals surface area contributed by atoms with Crippen LogP contribution in [0.5, 0.6) is 0 Å². The van der Waals surface area contributed by atoms with Crippen LogP contribution in [0.3, 0.4) is 0 Å². The lowest BCUT2D eigenvalue weighted by Crippen LogP contribution is -2.07. The fourth-order valence-electron chi connectivity index (χ4n) is 1.55. The van der Waals surface area contributed by atoms with Crippen LogP contribution in [-0.4, -0.2) is 0 Å². The molecule has 0 spiro atoms. The lowest BCUT2D eigenvalue weighted by molar-refractivity contribution is 0.331. The van der Waals surface area contributed by atoms with Gasteiger partial charge in [-0.25, -0.2) is 0 Å². The van der Waals surface area contributed by atoms with E-state index in [2.05, 4.69) is 27.7 Å². The highest BCUT2D eigenvalue weighted by Crippen LogP contribution is 2.21. The van der Waals surface area contributed by atoms with Crippen LogP contribution in [0.2, 0.25) is 0 Å². The first-order valence-electron chi connectivity index (χ1n) is 6.72. The van der Waals surface area contributed by atoms with Gasteiger partial charge >= 0.3 is 0 Å². The van der Waals surface area contributed by atoms with E-state index in [1.54, 1.807) is 0 Å². The van der Waals surface area contributed by atoms with Gasteiger partial charge in [0.2, 0.25) is 0 Å². The van der Waals surface area contributed by atoms with Crippen molar-refractivity contribution in [2.75, 3.05) is 0 Å². The van der Waals surface area contributed by atoms with E-state index in [9.17, 15) is 0 Å². The lowest BCUT2D eigenvalue weighted by Gasteiger charge is -2.18. The summed E-state index contributed by atoms with van der Waals surface area (Å²) in [6.45, 7) is 17.3. The van der Waals surface area contributed by atoms with Gasteiger partial charge in [0, 0.05) is 0 Å². The molecule has 0 aromatic heterocycles. The number of hydrogen-bond donors (Lipinski definition) is 0. The summed E-state index contributed by atoms with van der Waals surface area (Å²) >= 11 is 0. The summed E-state index contributed by atoms with van der Waals surface area (Å²) in [5, 5.41) is 0. The minimum Gasteiger partial charge on any atom is -0.0683 e. The van der Waals surface area contributed by atoms with Crippen molar-refractivity contribution in [1.82, 2.24) is 0 Å². The Morgan fingerprint density at radius 3 is 1.14 bits per heavy atom. The minimum absolute atomic E-state index is 0.889. The number of rotatable bonds is 5. The molecular formula is C14H34. The molecule has 0 atom stereocenters. The van der Waals surface area contributed by atoms with Gasteiger partial charge in [-0.2, -0.15) is 0 Å². The summed E-state index contributed by atoms with van der Waals surface area (Å²) in [6, 6.07) is 0. The van der Waals surface area contributed by atoms with E-state index in [1.165, 1.54) is 25.7 Å². The van der Waals surface area contributed by atoms with Crippen LogP contribution < -0.4 is 0 Å². The Hall–Kier alpha value is 0. The lowest BCUT2D eigenvalue weighted by atomic mass is 9.88. The zero-order chi connectivity index (χ0) is 12.0. The summed E-state index contributed by atoms with van der Waals surface area (Å²) in [7, 11) is 0. The van der Waals surface area contributed by atoms with Crippen LogP contribution in [0.15, 0.2) is 0 Å².